The molecule has 0 amide bonds. The molecule has 0 saturated carbocycles. The lowest BCUT2D eigenvalue weighted by Gasteiger charge is -2.11. The lowest BCUT2D eigenvalue weighted by atomic mass is 10.2. The molecule has 2 aromatic carbocycles. The van der Waals surface area contributed by atoms with Gasteiger partial charge in [0.25, 0.3) is 10.6 Å². The van der Waals surface area contributed by atoms with Gasteiger partial charge in [0.05, 0.1) is 22.0 Å². The number of nitrogens with zero attached hydrogens (tertiary/aromatic N) is 3. The van der Waals surface area contributed by atoms with E-state index in [-0.39, 0.29) is 10.5 Å². The molecule has 5 rings (SSSR count). The molecule has 4 aromatic rings. The van der Waals surface area contributed by atoms with Crippen LogP contribution in [0.5, 0.6) is 0 Å². The average molecular weight is 588 g/mol. The third kappa shape index (κ3) is 5.81. The van der Waals surface area contributed by atoms with Gasteiger partial charge in [-0.2, -0.15) is 4.57 Å². The van der Waals surface area contributed by atoms with Crippen molar-refractivity contribution in [3.8, 4) is 0 Å². The third-order valence-corrected chi connectivity index (χ3v) is 10.4. The first-order valence-electron chi connectivity index (χ1n) is 12.0. The van der Waals surface area contributed by atoms with Gasteiger partial charge in [0.2, 0.25) is 0 Å². The maximum absolute atomic E-state index is 13.1. The summed E-state index contributed by atoms with van der Waals surface area (Å²) in [7, 11) is -2.23. The second kappa shape index (κ2) is 11.6. The van der Waals surface area contributed by atoms with Crippen LogP contribution in [-0.2, 0) is 23.2 Å². The van der Waals surface area contributed by atoms with Gasteiger partial charge in [0, 0.05) is 25.4 Å². The van der Waals surface area contributed by atoms with Crippen LogP contribution in [0.3, 0.4) is 0 Å². The molecule has 11 heteroatoms. The van der Waals surface area contributed by atoms with E-state index in [1.165, 1.54) is 27.7 Å². The number of thioether (sulfide) groups is 1. The van der Waals surface area contributed by atoms with Gasteiger partial charge in [-0.15, -0.1) is 11.3 Å². The monoisotopic (exact) mass is 587 g/mol. The van der Waals surface area contributed by atoms with E-state index in [1.54, 1.807) is 46.6 Å². The van der Waals surface area contributed by atoms with Crippen LogP contribution in [0.25, 0.3) is 11.1 Å². The Morgan fingerprint density at radius 1 is 1.05 bits per heavy atom. The molecule has 0 N–H and O–H groups in total. The van der Waals surface area contributed by atoms with Crippen molar-refractivity contribution in [3.63, 3.8) is 0 Å². The maximum atomic E-state index is 13.1. The zero-order valence-electron chi connectivity index (χ0n) is 21.8. The van der Waals surface area contributed by atoms with E-state index in [1.807, 2.05) is 37.6 Å². The number of aryl methyl sites for hydroxylation is 2. The highest BCUT2D eigenvalue weighted by Gasteiger charge is 2.24. The molecule has 0 radical (unpaired) electrons. The molecular formula is C27H29N3O4S4. The Kier molecular flexibility index (Phi) is 8.63. The smallest absolute Gasteiger partial charge is 0.271 e. The van der Waals surface area contributed by atoms with Crippen molar-refractivity contribution >= 4 is 61.3 Å². The molecule has 1 aliphatic rings. The molecule has 0 spiro atoms. The van der Waals surface area contributed by atoms with E-state index >= 15 is 0 Å². The maximum Gasteiger partial charge on any atom is 0.271 e. The van der Waals surface area contributed by atoms with Crippen LogP contribution in [0.15, 0.2) is 68.5 Å². The van der Waals surface area contributed by atoms with E-state index in [2.05, 4.69) is 46.9 Å². The number of benzene rings is 2. The number of thiazole rings is 2. The molecule has 1 aliphatic heterocycles. The summed E-state index contributed by atoms with van der Waals surface area (Å²) in [5, 5.41) is 4.38. The van der Waals surface area contributed by atoms with Gasteiger partial charge in [-0.25, -0.2) is 8.42 Å². The fourth-order valence-electron chi connectivity index (χ4n) is 4.04. The summed E-state index contributed by atoms with van der Waals surface area (Å²) in [4.78, 5) is 16.3. The molecule has 38 heavy (non-hydrogen) atoms. The SMILES string of the molecule is CCn1c(=O)/c(=C2\Sc3ccccc3N2C)s/c1=C\c1scc(C)[n+]1CC.Cc1ccc(S(=O)(=O)[O-])cc1. The molecule has 0 fully saturated rings. The highest BCUT2D eigenvalue weighted by Crippen LogP contribution is 2.44. The van der Waals surface area contributed by atoms with Crippen LogP contribution in [0.4, 0.5) is 5.69 Å². The largest absolute Gasteiger partial charge is 0.744 e. The highest BCUT2D eigenvalue weighted by atomic mass is 32.2. The van der Waals surface area contributed by atoms with Crippen LogP contribution >= 0.6 is 34.4 Å². The van der Waals surface area contributed by atoms with Gasteiger partial charge in [-0.3, -0.25) is 9.36 Å². The molecule has 7 nitrogen and oxygen atoms in total. The van der Waals surface area contributed by atoms with Crippen molar-refractivity contribution in [3.05, 3.63) is 89.7 Å². The van der Waals surface area contributed by atoms with Gasteiger partial charge in [-0.1, -0.05) is 52.9 Å². The Morgan fingerprint density at radius 3 is 2.34 bits per heavy atom. The van der Waals surface area contributed by atoms with Crippen molar-refractivity contribution in [2.75, 3.05) is 11.9 Å². The van der Waals surface area contributed by atoms with Crippen molar-refractivity contribution in [2.45, 2.75) is 50.6 Å². The topological polar surface area (TPSA) is 86.3 Å². The number of fused-ring (bicyclic) bond motifs is 1. The second-order valence-corrected chi connectivity index (χ2v) is 13.0. The van der Waals surface area contributed by atoms with E-state index < -0.39 is 10.1 Å². The molecule has 200 valence electrons. The number of anilines is 1. The Bertz CT molecular complexity index is 1750. The van der Waals surface area contributed by atoms with E-state index in [0.717, 1.165) is 32.0 Å². The first-order chi connectivity index (χ1) is 18.0. The summed E-state index contributed by atoms with van der Waals surface area (Å²) in [5.74, 6) is 0. The van der Waals surface area contributed by atoms with Gasteiger partial charge in [0.15, 0.2) is 5.69 Å². The standard InChI is InChI=1S/C20H22N3OS3.C7H8O3S/c1-5-22-13(3)12-25-16(22)11-17-23(6-2)19(24)18(27-17)20-21(4)14-9-7-8-10-15(14)26-20;1-6-2-4-7(5-3-6)11(8,9)10/h7-12H,5-6H2,1-4H3;2-5H,1H3,(H,8,9,10)/q+1;/p-1/b20-18+;. The normalized spacial score (nSPS) is 14.9. The first-order valence-corrected chi connectivity index (χ1v) is 15.9. The fraction of sp³-hybridized carbons (Fsp3) is 0.259. The van der Waals surface area contributed by atoms with Crippen molar-refractivity contribution in [1.29, 1.82) is 0 Å². The van der Waals surface area contributed by atoms with Crippen LogP contribution in [-0.4, -0.2) is 24.6 Å². The van der Waals surface area contributed by atoms with Gasteiger partial charge in [-0.05, 0) is 45.0 Å². The minimum atomic E-state index is -4.27. The van der Waals surface area contributed by atoms with E-state index in [4.69, 9.17) is 0 Å². The van der Waals surface area contributed by atoms with Crippen LogP contribution in [0, 0.1) is 13.8 Å². The molecule has 0 bridgehead atoms. The van der Waals surface area contributed by atoms with Crippen LogP contribution < -0.4 is 24.2 Å². The molecule has 0 unspecified atom stereocenters. The summed E-state index contributed by atoms with van der Waals surface area (Å²) < 4.78 is 37.2. The predicted molar refractivity (Wildman–Crippen MR) is 155 cm³/mol. The summed E-state index contributed by atoms with van der Waals surface area (Å²) in [6.45, 7) is 9.74. The third-order valence-electron chi connectivity index (χ3n) is 6.08. The number of para-hydroxylation sites is 1. The molecule has 0 saturated heterocycles. The van der Waals surface area contributed by atoms with Crippen molar-refractivity contribution < 1.29 is 17.5 Å². The molecule has 3 heterocycles. The Morgan fingerprint density at radius 2 is 1.74 bits per heavy atom. The Labute approximate surface area is 234 Å². The minimum Gasteiger partial charge on any atom is -0.744 e. The van der Waals surface area contributed by atoms with Crippen LogP contribution in [0.1, 0.15) is 30.1 Å². The summed E-state index contributed by atoms with van der Waals surface area (Å²) >= 11 is 5.01. The Hall–Kier alpha value is -2.70. The van der Waals surface area contributed by atoms with Gasteiger partial charge in [0.1, 0.15) is 30.9 Å². The van der Waals surface area contributed by atoms with Crippen molar-refractivity contribution in [1.82, 2.24) is 4.57 Å². The number of hydrogen-bond donors (Lipinski definition) is 0. The zero-order chi connectivity index (χ0) is 27.6. The van der Waals surface area contributed by atoms with Gasteiger partial charge < -0.3 is 9.45 Å². The molecule has 0 atom stereocenters. The number of rotatable bonds is 4. The molecular weight excluding hydrogens is 559 g/mol. The van der Waals surface area contributed by atoms with Gasteiger partial charge >= 0.3 is 0 Å². The predicted octanol–water partition coefficient (Wildman–Crippen LogP) is 3.64. The summed E-state index contributed by atoms with van der Waals surface area (Å²) in [6, 6.07) is 14.1. The Balaban J connectivity index is 0.000000257. The van der Waals surface area contributed by atoms with E-state index in [9.17, 15) is 17.8 Å². The highest BCUT2D eigenvalue weighted by molar-refractivity contribution is 8.08. The van der Waals surface area contributed by atoms with Crippen LogP contribution in [0.2, 0.25) is 0 Å². The fourth-order valence-corrected chi connectivity index (χ4v) is 8.04. The average Bonchev–Trinajstić information content (AvgIpc) is 3.51. The zero-order valence-corrected chi connectivity index (χ0v) is 25.1. The van der Waals surface area contributed by atoms with E-state index in [0.29, 0.717) is 6.54 Å². The lowest BCUT2D eigenvalue weighted by molar-refractivity contribution is -0.696. The summed E-state index contributed by atoms with van der Waals surface area (Å²) in [5.41, 5.74) is 3.45. The lowest BCUT2D eigenvalue weighted by Crippen LogP contribution is -2.37. The number of aromatic nitrogens is 2. The minimum absolute atomic E-state index is 0.104. The molecule has 2 aromatic heterocycles. The second-order valence-electron chi connectivity index (χ2n) is 8.62. The molecule has 0 aliphatic carbocycles. The number of hydrogen-bond acceptors (Lipinski definition) is 8. The van der Waals surface area contributed by atoms with Crippen molar-refractivity contribution in [2.24, 2.45) is 0 Å². The quantitative estimate of drug-likeness (QED) is 0.268. The summed E-state index contributed by atoms with van der Waals surface area (Å²) in [6.07, 6.45) is 2.16. The first kappa shape index (κ1) is 28.3.